The third-order valence-electron chi connectivity index (χ3n) is 3.53. The minimum absolute atomic E-state index is 0.505. The maximum atomic E-state index is 8.84. The second-order valence-electron chi connectivity index (χ2n) is 4.62. The van der Waals surface area contributed by atoms with Gasteiger partial charge in [-0.15, -0.1) is 0 Å². The summed E-state index contributed by atoms with van der Waals surface area (Å²) in [5, 5.41) is 13.2. The molecule has 4 rings (SSSR count). The molecular weight excluding hydrogens is 251 g/mol. The number of rotatable bonds is 2. The van der Waals surface area contributed by atoms with Gasteiger partial charge in [-0.1, -0.05) is 42.5 Å². The van der Waals surface area contributed by atoms with Gasteiger partial charge in [0.05, 0.1) is 0 Å². The number of para-hydroxylation sites is 1. The van der Waals surface area contributed by atoms with Crippen molar-refractivity contribution >= 4 is 40.4 Å². The fraction of sp³-hybridized carbons (Fsp3) is 0. The first-order valence-electron chi connectivity index (χ1n) is 6.34. The maximum Gasteiger partial charge on any atom is 0.569 e. The number of fused-ring (bicyclic) bond motifs is 5. The second kappa shape index (κ2) is 4.29. The molecule has 95 valence electrons. The van der Waals surface area contributed by atoms with E-state index in [0.29, 0.717) is 19.0 Å². The maximum absolute atomic E-state index is 8.84. The van der Waals surface area contributed by atoms with Crippen LogP contribution in [0.25, 0.3) is 32.7 Å². The molecule has 4 aromatic rings. The Morgan fingerprint density at radius 1 is 0.900 bits per heavy atom. The van der Waals surface area contributed by atoms with Crippen LogP contribution < -0.4 is 4.65 Å². The zero-order valence-corrected chi connectivity index (χ0v) is 10.5. The van der Waals surface area contributed by atoms with E-state index in [1.54, 1.807) is 6.07 Å². The predicted molar refractivity (Wildman–Crippen MR) is 79.8 cm³/mol. The fourth-order valence-corrected chi connectivity index (χ4v) is 2.69. The molecule has 1 radical (unpaired) electrons. The summed E-state index contributed by atoms with van der Waals surface area (Å²) in [7, 11) is 0.667. The summed E-state index contributed by atoms with van der Waals surface area (Å²) in [5.41, 5.74) is 1.46. The minimum atomic E-state index is 0.505. The van der Waals surface area contributed by atoms with Crippen molar-refractivity contribution in [2.75, 3.05) is 0 Å². The second-order valence-corrected chi connectivity index (χ2v) is 4.62. The highest BCUT2D eigenvalue weighted by Gasteiger charge is 2.13. The van der Waals surface area contributed by atoms with Crippen LogP contribution in [0.2, 0.25) is 0 Å². The van der Waals surface area contributed by atoms with E-state index in [4.69, 9.17) is 14.1 Å². The number of hydrogen-bond donors (Lipinski definition) is 1. The molecule has 3 aromatic carbocycles. The van der Waals surface area contributed by atoms with Crippen molar-refractivity contribution in [2.45, 2.75) is 0 Å². The predicted octanol–water partition coefficient (Wildman–Crippen LogP) is 3.64. The third kappa shape index (κ3) is 1.52. The Balaban J connectivity index is 2.20. The van der Waals surface area contributed by atoms with Crippen molar-refractivity contribution in [1.82, 2.24) is 0 Å². The van der Waals surface area contributed by atoms with Crippen molar-refractivity contribution in [3.63, 3.8) is 0 Å². The minimum Gasteiger partial charge on any atom is -0.535 e. The topological polar surface area (TPSA) is 42.6 Å². The fourth-order valence-electron chi connectivity index (χ4n) is 2.69. The summed E-state index contributed by atoms with van der Waals surface area (Å²) < 4.78 is 11.0. The Morgan fingerprint density at radius 2 is 1.75 bits per heavy atom. The summed E-state index contributed by atoms with van der Waals surface area (Å²) in [6.45, 7) is 0. The molecule has 1 heterocycles. The Morgan fingerprint density at radius 3 is 2.65 bits per heavy atom. The summed E-state index contributed by atoms with van der Waals surface area (Å²) in [4.78, 5) is 0. The van der Waals surface area contributed by atoms with E-state index in [0.717, 1.165) is 21.7 Å². The highest BCUT2D eigenvalue weighted by molar-refractivity contribution is 6.21. The summed E-state index contributed by atoms with van der Waals surface area (Å²) >= 11 is 0. The largest absolute Gasteiger partial charge is 0.569 e. The van der Waals surface area contributed by atoms with Gasteiger partial charge in [0.15, 0.2) is 5.58 Å². The number of benzene rings is 3. The van der Waals surface area contributed by atoms with E-state index in [1.165, 1.54) is 5.39 Å². The highest BCUT2D eigenvalue weighted by Crippen LogP contribution is 2.38. The van der Waals surface area contributed by atoms with E-state index in [9.17, 15) is 0 Å². The molecule has 3 nitrogen and oxygen atoms in total. The Labute approximate surface area is 115 Å². The average molecular weight is 261 g/mol. The molecule has 4 heteroatoms. The smallest absolute Gasteiger partial charge is 0.535 e. The zero-order valence-electron chi connectivity index (χ0n) is 10.5. The van der Waals surface area contributed by atoms with Crippen molar-refractivity contribution in [3.05, 3.63) is 54.6 Å². The molecule has 0 bridgehead atoms. The van der Waals surface area contributed by atoms with Crippen LogP contribution in [0.3, 0.4) is 0 Å². The van der Waals surface area contributed by atoms with E-state index >= 15 is 0 Å². The van der Waals surface area contributed by atoms with Gasteiger partial charge in [-0.05, 0) is 22.9 Å². The molecule has 20 heavy (non-hydrogen) atoms. The molecular formula is C16H10BO3. The third-order valence-corrected chi connectivity index (χ3v) is 3.53. The molecule has 0 atom stereocenters. The molecule has 0 aliphatic rings. The van der Waals surface area contributed by atoms with Crippen LogP contribution in [0, 0.1) is 0 Å². The number of hydrogen-bond acceptors (Lipinski definition) is 3. The van der Waals surface area contributed by atoms with Crippen LogP contribution in [0.5, 0.6) is 5.75 Å². The first-order valence-corrected chi connectivity index (χ1v) is 6.34. The Kier molecular flexibility index (Phi) is 2.44. The van der Waals surface area contributed by atoms with Gasteiger partial charge in [0, 0.05) is 10.8 Å². The molecule has 0 aliphatic carbocycles. The van der Waals surface area contributed by atoms with Crippen molar-refractivity contribution in [2.24, 2.45) is 0 Å². The average Bonchev–Trinajstić information content (AvgIpc) is 2.88. The SMILES string of the molecule is O[B]Oc1cccc2c1oc1ccc3ccccc3c12. The lowest BCUT2D eigenvalue weighted by molar-refractivity contribution is 0.451. The van der Waals surface area contributed by atoms with Gasteiger partial charge in [0.25, 0.3) is 0 Å². The van der Waals surface area contributed by atoms with E-state index in [-0.39, 0.29) is 0 Å². The molecule has 0 spiro atoms. The first-order chi connectivity index (χ1) is 9.88. The van der Waals surface area contributed by atoms with Crippen molar-refractivity contribution in [1.29, 1.82) is 0 Å². The molecule has 0 amide bonds. The normalized spacial score (nSPS) is 11.2. The number of furan rings is 1. The lowest BCUT2D eigenvalue weighted by Crippen LogP contribution is -1.99. The van der Waals surface area contributed by atoms with Gasteiger partial charge in [0.2, 0.25) is 0 Å². The first kappa shape index (κ1) is 11.4. The van der Waals surface area contributed by atoms with Crippen LogP contribution in [-0.4, -0.2) is 12.7 Å². The van der Waals surface area contributed by atoms with Gasteiger partial charge in [-0.25, -0.2) is 0 Å². The lowest BCUT2D eigenvalue weighted by Gasteiger charge is -2.01. The van der Waals surface area contributed by atoms with E-state index in [1.807, 2.05) is 36.4 Å². The van der Waals surface area contributed by atoms with Gasteiger partial charge in [-0.2, -0.15) is 0 Å². The molecule has 1 aromatic heterocycles. The quantitative estimate of drug-likeness (QED) is 0.560. The standard InChI is InChI=1S/C16H10BO3/c18-17-20-14-7-3-6-12-15-11-5-2-1-4-10(11)8-9-13(15)19-16(12)14/h1-9,18H. The molecule has 0 saturated heterocycles. The summed E-state index contributed by atoms with van der Waals surface area (Å²) in [5.74, 6) is 0.505. The lowest BCUT2D eigenvalue weighted by atomic mass is 10.0. The molecule has 0 saturated carbocycles. The molecule has 0 unspecified atom stereocenters. The molecule has 0 aliphatic heterocycles. The van der Waals surface area contributed by atoms with Crippen molar-refractivity contribution < 1.29 is 14.1 Å². The Bertz CT molecular complexity index is 927. The van der Waals surface area contributed by atoms with Crippen molar-refractivity contribution in [3.8, 4) is 5.75 Å². The molecule has 1 N–H and O–H groups in total. The van der Waals surface area contributed by atoms with E-state index in [2.05, 4.69) is 12.1 Å². The Hall–Kier alpha value is -2.46. The zero-order chi connectivity index (χ0) is 13.5. The van der Waals surface area contributed by atoms with Crippen LogP contribution in [-0.2, 0) is 0 Å². The highest BCUT2D eigenvalue weighted by atomic mass is 16.5. The monoisotopic (exact) mass is 261 g/mol. The summed E-state index contributed by atoms with van der Waals surface area (Å²) in [6.07, 6.45) is 0. The van der Waals surface area contributed by atoms with Crippen LogP contribution in [0.4, 0.5) is 0 Å². The van der Waals surface area contributed by atoms with Gasteiger partial charge < -0.3 is 14.1 Å². The van der Waals surface area contributed by atoms with Crippen LogP contribution in [0.15, 0.2) is 59.0 Å². The summed E-state index contributed by atoms with van der Waals surface area (Å²) in [6, 6.07) is 17.8. The van der Waals surface area contributed by atoms with Gasteiger partial charge >= 0.3 is 7.69 Å². The van der Waals surface area contributed by atoms with Gasteiger partial charge in [0.1, 0.15) is 11.3 Å². The van der Waals surface area contributed by atoms with Gasteiger partial charge in [-0.3, -0.25) is 0 Å². The van der Waals surface area contributed by atoms with Crippen LogP contribution >= 0.6 is 0 Å². The molecule has 0 fully saturated rings. The van der Waals surface area contributed by atoms with Crippen LogP contribution in [0.1, 0.15) is 0 Å². The van der Waals surface area contributed by atoms with E-state index < -0.39 is 0 Å².